The maximum absolute atomic E-state index is 12.2. The summed E-state index contributed by atoms with van der Waals surface area (Å²) in [6, 6.07) is 5.67. The molecule has 1 aromatic heterocycles. The zero-order chi connectivity index (χ0) is 21.3. The molecule has 168 valence electrons. The second-order valence-corrected chi connectivity index (χ2v) is 7.70. The van der Waals surface area contributed by atoms with Gasteiger partial charge in [-0.1, -0.05) is 12.1 Å². The fourth-order valence-electron chi connectivity index (χ4n) is 2.57. The summed E-state index contributed by atoms with van der Waals surface area (Å²) in [6.07, 6.45) is -2.40. The molecule has 2 aromatic rings. The Hall–Kier alpha value is -1.60. The first-order valence-corrected chi connectivity index (χ1v) is 9.99. The minimum absolute atomic E-state index is 0. The highest BCUT2D eigenvalue weighted by Crippen LogP contribution is 2.23. The van der Waals surface area contributed by atoms with Crippen LogP contribution in [0.3, 0.4) is 0 Å². The molecule has 0 radical (unpaired) electrons. The van der Waals surface area contributed by atoms with Crippen molar-refractivity contribution >= 4 is 41.3 Å². The summed E-state index contributed by atoms with van der Waals surface area (Å²) in [5, 5.41) is 16.9. The number of hydrogen-bond acceptors (Lipinski definition) is 5. The average molecular weight is 558 g/mol. The Bertz CT molecular complexity index is 785. The number of guanidine groups is 1. The van der Waals surface area contributed by atoms with Crippen LogP contribution >= 0.6 is 35.3 Å². The molecule has 0 aliphatic heterocycles. The largest absolute Gasteiger partial charge is 0.573 e. The molecule has 0 fully saturated rings. The molecule has 1 heterocycles. The first-order chi connectivity index (χ1) is 13.8. The molecular formula is C19H26F3IN4O2S. The van der Waals surface area contributed by atoms with Gasteiger partial charge in [0.25, 0.3) is 0 Å². The van der Waals surface area contributed by atoms with Crippen LogP contribution in [-0.4, -0.2) is 42.1 Å². The van der Waals surface area contributed by atoms with Gasteiger partial charge in [0, 0.05) is 36.7 Å². The highest BCUT2D eigenvalue weighted by atomic mass is 127. The molecule has 1 unspecified atom stereocenters. The quantitative estimate of drug-likeness (QED) is 0.248. The Labute approximate surface area is 195 Å². The second kappa shape index (κ2) is 13.0. The lowest BCUT2D eigenvalue weighted by Crippen LogP contribution is -2.40. The Morgan fingerprint density at radius 1 is 1.27 bits per heavy atom. The number of aryl methyl sites for hydroxylation is 1. The van der Waals surface area contributed by atoms with Gasteiger partial charge in [-0.05, 0) is 38.0 Å². The van der Waals surface area contributed by atoms with E-state index in [1.807, 2.05) is 20.0 Å². The molecule has 0 aliphatic carbocycles. The molecular weight excluding hydrogens is 532 g/mol. The SMILES string of the molecule is CCNC(=NCc1ncc(C)s1)NCC(CO)Cc1ccc(OC(F)(F)F)cc1.I. The number of aromatic nitrogens is 1. The molecule has 0 saturated carbocycles. The van der Waals surface area contributed by atoms with E-state index in [1.54, 1.807) is 23.5 Å². The number of thiazole rings is 1. The van der Waals surface area contributed by atoms with E-state index in [1.165, 1.54) is 12.1 Å². The minimum atomic E-state index is -4.71. The molecule has 30 heavy (non-hydrogen) atoms. The highest BCUT2D eigenvalue weighted by Gasteiger charge is 2.30. The van der Waals surface area contributed by atoms with Gasteiger partial charge in [0.15, 0.2) is 5.96 Å². The van der Waals surface area contributed by atoms with Gasteiger partial charge >= 0.3 is 6.36 Å². The number of hydrogen-bond donors (Lipinski definition) is 3. The maximum atomic E-state index is 12.2. The van der Waals surface area contributed by atoms with Crippen molar-refractivity contribution in [3.63, 3.8) is 0 Å². The van der Waals surface area contributed by atoms with E-state index in [-0.39, 0.29) is 42.3 Å². The lowest BCUT2D eigenvalue weighted by molar-refractivity contribution is -0.274. The zero-order valence-electron chi connectivity index (χ0n) is 16.7. The smallest absolute Gasteiger partial charge is 0.406 e. The molecule has 1 aromatic carbocycles. The van der Waals surface area contributed by atoms with Crippen LogP contribution in [0.5, 0.6) is 5.75 Å². The fraction of sp³-hybridized carbons (Fsp3) is 0.474. The average Bonchev–Trinajstić information content (AvgIpc) is 3.08. The number of aliphatic hydroxyl groups is 1. The Kier molecular flexibility index (Phi) is 11.4. The predicted molar refractivity (Wildman–Crippen MR) is 122 cm³/mol. The third-order valence-electron chi connectivity index (χ3n) is 3.88. The number of halogens is 4. The third-order valence-corrected chi connectivity index (χ3v) is 4.78. The number of aliphatic hydroxyl groups excluding tert-OH is 1. The van der Waals surface area contributed by atoms with Gasteiger partial charge < -0.3 is 20.5 Å². The van der Waals surface area contributed by atoms with E-state index >= 15 is 0 Å². The van der Waals surface area contributed by atoms with Crippen LogP contribution in [0, 0.1) is 12.8 Å². The van der Waals surface area contributed by atoms with Crippen molar-refractivity contribution in [1.29, 1.82) is 0 Å². The Morgan fingerprint density at radius 3 is 2.50 bits per heavy atom. The van der Waals surface area contributed by atoms with Gasteiger partial charge in [0.05, 0.1) is 6.54 Å². The van der Waals surface area contributed by atoms with Crippen molar-refractivity contribution in [2.24, 2.45) is 10.9 Å². The summed E-state index contributed by atoms with van der Waals surface area (Å²) in [5.74, 6) is 0.224. The van der Waals surface area contributed by atoms with Crippen LogP contribution in [0.25, 0.3) is 0 Å². The first kappa shape index (κ1) is 26.4. The molecule has 11 heteroatoms. The van der Waals surface area contributed by atoms with Crippen LogP contribution in [0.4, 0.5) is 13.2 Å². The van der Waals surface area contributed by atoms with Crippen molar-refractivity contribution in [2.75, 3.05) is 19.7 Å². The Morgan fingerprint density at radius 2 is 1.97 bits per heavy atom. The van der Waals surface area contributed by atoms with Gasteiger partial charge in [-0.2, -0.15) is 0 Å². The van der Waals surface area contributed by atoms with Crippen LogP contribution in [0.1, 0.15) is 22.4 Å². The zero-order valence-corrected chi connectivity index (χ0v) is 19.8. The number of nitrogens with zero attached hydrogens (tertiary/aromatic N) is 2. The van der Waals surface area contributed by atoms with E-state index in [9.17, 15) is 18.3 Å². The van der Waals surface area contributed by atoms with Gasteiger partial charge in [-0.3, -0.25) is 0 Å². The van der Waals surface area contributed by atoms with Crippen molar-refractivity contribution < 1.29 is 23.0 Å². The first-order valence-electron chi connectivity index (χ1n) is 9.18. The van der Waals surface area contributed by atoms with Gasteiger partial charge in [0.1, 0.15) is 10.8 Å². The van der Waals surface area contributed by atoms with Gasteiger partial charge in [0.2, 0.25) is 0 Å². The molecule has 2 rings (SSSR count). The molecule has 0 amide bonds. The topological polar surface area (TPSA) is 78.8 Å². The van der Waals surface area contributed by atoms with E-state index in [0.29, 0.717) is 32.0 Å². The van der Waals surface area contributed by atoms with Crippen LogP contribution in [-0.2, 0) is 13.0 Å². The molecule has 0 saturated heterocycles. The second-order valence-electron chi connectivity index (χ2n) is 6.39. The van der Waals surface area contributed by atoms with Crippen LogP contribution < -0.4 is 15.4 Å². The maximum Gasteiger partial charge on any atom is 0.573 e. The molecule has 1 atom stereocenters. The third kappa shape index (κ3) is 9.94. The van der Waals surface area contributed by atoms with Crippen molar-refractivity contribution in [3.05, 3.63) is 45.9 Å². The lowest BCUT2D eigenvalue weighted by Gasteiger charge is -2.18. The summed E-state index contributed by atoms with van der Waals surface area (Å²) in [7, 11) is 0. The lowest BCUT2D eigenvalue weighted by atomic mass is 10.00. The van der Waals surface area contributed by atoms with E-state index in [4.69, 9.17) is 0 Å². The number of aliphatic imine (C=N–C) groups is 1. The van der Waals surface area contributed by atoms with E-state index in [2.05, 4.69) is 25.3 Å². The van der Waals surface area contributed by atoms with Crippen molar-refractivity contribution in [1.82, 2.24) is 15.6 Å². The van der Waals surface area contributed by atoms with E-state index < -0.39 is 6.36 Å². The molecule has 0 aliphatic rings. The van der Waals surface area contributed by atoms with Crippen LogP contribution in [0.2, 0.25) is 0 Å². The monoisotopic (exact) mass is 558 g/mol. The number of ether oxygens (including phenoxy) is 1. The number of nitrogens with one attached hydrogen (secondary N) is 2. The summed E-state index contributed by atoms with van der Waals surface area (Å²) < 4.78 is 40.6. The summed E-state index contributed by atoms with van der Waals surface area (Å²) >= 11 is 1.59. The summed E-state index contributed by atoms with van der Waals surface area (Å²) in [4.78, 5) is 9.90. The Balaban J connectivity index is 0.00000450. The molecule has 0 bridgehead atoms. The number of rotatable bonds is 9. The fourth-order valence-corrected chi connectivity index (χ4v) is 3.28. The highest BCUT2D eigenvalue weighted by molar-refractivity contribution is 14.0. The van der Waals surface area contributed by atoms with Gasteiger partial charge in [-0.25, -0.2) is 9.98 Å². The predicted octanol–water partition coefficient (Wildman–Crippen LogP) is 3.87. The molecule has 6 nitrogen and oxygen atoms in total. The minimum Gasteiger partial charge on any atom is -0.406 e. The summed E-state index contributed by atoms with van der Waals surface area (Å²) in [5.41, 5.74) is 0.806. The normalized spacial score (nSPS) is 12.8. The van der Waals surface area contributed by atoms with Gasteiger partial charge in [-0.15, -0.1) is 48.5 Å². The van der Waals surface area contributed by atoms with Crippen LogP contribution in [0.15, 0.2) is 35.5 Å². The van der Waals surface area contributed by atoms with Crippen molar-refractivity contribution in [3.8, 4) is 5.75 Å². The molecule has 3 N–H and O–H groups in total. The number of benzene rings is 1. The number of alkyl halides is 3. The molecule has 0 spiro atoms. The van der Waals surface area contributed by atoms with Crippen molar-refractivity contribution in [2.45, 2.75) is 33.2 Å². The van der Waals surface area contributed by atoms with E-state index in [0.717, 1.165) is 15.4 Å². The standard InChI is InChI=1S/C19H25F3N4O2S.HI/c1-3-23-18(26-11-17-24-9-13(2)29-17)25-10-15(12-27)8-14-4-6-16(7-5-14)28-19(20,21)22;/h4-7,9,15,27H,3,8,10-12H2,1-2H3,(H2,23,25,26);1H. The summed E-state index contributed by atoms with van der Waals surface area (Å²) in [6.45, 7) is 5.48.